The summed E-state index contributed by atoms with van der Waals surface area (Å²) in [5.41, 5.74) is 2.89. The van der Waals surface area contributed by atoms with Gasteiger partial charge in [-0.1, -0.05) is 12.1 Å². The third-order valence-electron chi connectivity index (χ3n) is 3.90. The Morgan fingerprint density at radius 3 is 2.58 bits per heavy atom. The Morgan fingerprint density at radius 1 is 1.35 bits per heavy atom. The molecule has 0 radical (unpaired) electrons. The maximum atomic E-state index is 12.8. The van der Waals surface area contributed by atoms with Gasteiger partial charge in [0, 0.05) is 30.9 Å². The first kappa shape index (κ1) is 19.7. The molecule has 5 nitrogen and oxygen atoms in total. The molecule has 26 heavy (non-hydrogen) atoms. The van der Waals surface area contributed by atoms with Gasteiger partial charge in [-0.25, -0.2) is 0 Å². The molecule has 1 amide bonds. The minimum Gasteiger partial charge on any atom is -0.339 e. The number of benzene rings is 1. The van der Waals surface area contributed by atoms with Crippen molar-refractivity contribution in [3.63, 3.8) is 0 Å². The van der Waals surface area contributed by atoms with Crippen molar-refractivity contribution >= 4 is 11.6 Å². The van der Waals surface area contributed by atoms with Crippen LogP contribution < -0.4 is 5.32 Å². The molecular formula is C18H21F3N4O. The van der Waals surface area contributed by atoms with E-state index in [9.17, 15) is 18.0 Å². The molecule has 0 aliphatic heterocycles. The van der Waals surface area contributed by atoms with Gasteiger partial charge >= 0.3 is 6.18 Å². The third kappa shape index (κ3) is 4.50. The van der Waals surface area contributed by atoms with E-state index >= 15 is 0 Å². The smallest absolute Gasteiger partial charge is 0.339 e. The Bertz CT molecular complexity index is 824. The molecule has 8 heteroatoms. The van der Waals surface area contributed by atoms with Crippen LogP contribution in [0.25, 0.3) is 11.1 Å². The van der Waals surface area contributed by atoms with Crippen LogP contribution in [0.4, 0.5) is 13.2 Å². The van der Waals surface area contributed by atoms with Crippen molar-refractivity contribution in [2.45, 2.75) is 33.0 Å². The summed E-state index contributed by atoms with van der Waals surface area (Å²) in [4.78, 5) is 16.6. The number of amides is 1. The minimum atomic E-state index is -4.51. The van der Waals surface area contributed by atoms with Crippen molar-refractivity contribution in [2.24, 2.45) is 12.0 Å². The number of carbonyl (C=O) groups excluding carboxylic acids is 1. The van der Waals surface area contributed by atoms with Gasteiger partial charge < -0.3 is 5.32 Å². The van der Waals surface area contributed by atoms with Crippen molar-refractivity contribution in [2.75, 3.05) is 6.54 Å². The van der Waals surface area contributed by atoms with Crippen molar-refractivity contribution in [3.05, 3.63) is 41.7 Å². The molecule has 2 aromatic rings. The highest BCUT2D eigenvalue weighted by molar-refractivity contribution is 6.45. The zero-order chi connectivity index (χ0) is 19.5. The van der Waals surface area contributed by atoms with Crippen LogP contribution >= 0.6 is 0 Å². The lowest BCUT2D eigenvalue weighted by Crippen LogP contribution is -2.46. The first-order valence-corrected chi connectivity index (χ1v) is 8.15. The minimum absolute atomic E-state index is 0.00756. The van der Waals surface area contributed by atoms with E-state index in [-0.39, 0.29) is 12.3 Å². The van der Waals surface area contributed by atoms with Crippen molar-refractivity contribution < 1.29 is 18.0 Å². The van der Waals surface area contributed by atoms with Crippen molar-refractivity contribution in [3.8, 4) is 11.1 Å². The normalized spacial score (nSPS) is 13.6. The zero-order valence-corrected chi connectivity index (χ0v) is 15.1. The lowest BCUT2D eigenvalue weighted by molar-refractivity contribution is -0.156. The lowest BCUT2D eigenvalue weighted by atomic mass is 9.97. The molecule has 0 saturated carbocycles. The Morgan fingerprint density at radius 2 is 2.04 bits per heavy atom. The number of carbonyl (C=O) groups is 1. The van der Waals surface area contributed by atoms with Gasteiger partial charge in [-0.3, -0.25) is 14.5 Å². The third-order valence-corrected chi connectivity index (χ3v) is 3.90. The van der Waals surface area contributed by atoms with Crippen LogP contribution in [0, 0.1) is 6.92 Å². The van der Waals surface area contributed by atoms with Crippen LogP contribution in [-0.2, 0) is 11.8 Å². The predicted octanol–water partition coefficient (Wildman–Crippen LogP) is 3.27. The monoisotopic (exact) mass is 366 g/mol. The zero-order valence-electron chi connectivity index (χ0n) is 15.1. The first-order chi connectivity index (χ1) is 12.1. The summed E-state index contributed by atoms with van der Waals surface area (Å²) in [6.45, 7) is 4.69. The van der Waals surface area contributed by atoms with Gasteiger partial charge in [0.25, 0.3) is 5.91 Å². The van der Waals surface area contributed by atoms with Crippen LogP contribution in [0.1, 0.15) is 25.0 Å². The summed E-state index contributed by atoms with van der Waals surface area (Å²) < 4.78 is 39.9. The number of aliphatic imine (C=N–C) groups is 1. The van der Waals surface area contributed by atoms with E-state index in [0.717, 1.165) is 23.6 Å². The van der Waals surface area contributed by atoms with Gasteiger partial charge in [0.05, 0.1) is 6.20 Å². The fourth-order valence-corrected chi connectivity index (χ4v) is 2.41. The van der Waals surface area contributed by atoms with Crippen LogP contribution in [0.3, 0.4) is 0 Å². The second-order valence-electron chi connectivity index (χ2n) is 5.99. The number of aryl methyl sites for hydroxylation is 2. The summed E-state index contributed by atoms with van der Waals surface area (Å²) in [6, 6.07) is 3.47. The molecule has 1 atom stereocenters. The average molecular weight is 366 g/mol. The second-order valence-corrected chi connectivity index (χ2v) is 5.99. The highest BCUT2D eigenvalue weighted by Crippen LogP contribution is 2.23. The highest BCUT2D eigenvalue weighted by atomic mass is 19.4. The molecular weight excluding hydrogens is 345 g/mol. The largest absolute Gasteiger partial charge is 0.408 e. The molecule has 0 spiro atoms. The number of hydrogen-bond acceptors (Lipinski definition) is 3. The SMILES string of the molecule is CCN=C(C(=O)N[C@@H](C)C(F)(F)F)c1cc(-c2cnn(C)c2)ccc1C. The molecule has 0 aliphatic rings. The Labute approximate surface area is 149 Å². The summed E-state index contributed by atoms with van der Waals surface area (Å²) >= 11 is 0. The van der Waals surface area contributed by atoms with Crippen LogP contribution in [-0.4, -0.2) is 40.2 Å². The fraction of sp³-hybridized carbons (Fsp3) is 0.389. The second kappa shape index (κ2) is 7.72. The Kier molecular flexibility index (Phi) is 5.84. The molecule has 140 valence electrons. The van der Waals surface area contributed by atoms with Gasteiger partial charge in [0.2, 0.25) is 0 Å². The van der Waals surface area contributed by atoms with E-state index in [1.165, 1.54) is 0 Å². The van der Waals surface area contributed by atoms with Crippen LogP contribution in [0.5, 0.6) is 0 Å². The standard InChI is InChI=1S/C18H21F3N4O/c1-5-22-16(17(26)24-12(3)18(19,20)21)15-8-13(7-6-11(15)2)14-9-23-25(4)10-14/h6-10,12H,5H2,1-4H3,(H,24,26)/t12-/m0/s1. The van der Waals surface area contributed by atoms with E-state index in [0.29, 0.717) is 5.56 Å². The maximum absolute atomic E-state index is 12.8. The quantitative estimate of drug-likeness (QED) is 0.826. The maximum Gasteiger partial charge on any atom is 0.408 e. The van der Waals surface area contributed by atoms with E-state index in [1.54, 1.807) is 37.8 Å². The molecule has 1 N–H and O–H groups in total. The molecule has 1 heterocycles. The van der Waals surface area contributed by atoms with E-state index in [2.05, 4.69) is 10.1 Å². The summed E-state index contributed by atoms with van der Waals surface area (Å²) in [5, 5.41) is 6.09. The van der Waals surface area contributed by atoms with Crippen LogP contribution in [0.2, 0.25) is 0 Å². The Balaban J connectivity index is 2.41. The van der Waals surface area contributed by atoms with Gasteiger partial charge in [-0.15, -0.1) is 0 Å². The van der Waals surface area contributed by atoms with Gasteiger partial charge in [-0.2, -0.15) is 18.3 Å². The number of aromatic nitrogens is 2. The lowest BCUT2D eigenvalue weighted by Gasteiger charge is -2.18. The van der Waals surface area contributed by atoms with Gasteiger partial charge in [-0.05, 0) is 38.0 Å². The van der Waals surface area contributed by atoms with Gasteiger partial charge in [0.1, 0.15) is 11.8 Å². The summed E-state index contributed by atoms with van der Waals surface area (Å²) in [7, 11) is 1.79. The average Bonchev–Trinajstić information content (AvgIpc) is 2.99. The van der Waals surface area contributed by atoms with Gasteiger partial charge in [0.15, 0.2) is 0 Å². The van der Waals surface area contributed by atoms with Crippen molar-refractivity contribution in [1.82, 2.24) is 15.1 Å². The topological polar surface area (TPSA) is 59.3 Å². The highest BCUT2D eigenvalue weighted by Gasteiger charge is 2.37. The number of nitrogens with one attached hydrogen (secondary N) is 1. The molecule has 0 fully saturated rings. The van der Waals surface area contributed by atoms with E-state index in [1.807, 2.05) is 23.6 Å². The summed E-state index contributed by atoms with van der Waals surface area (Å²) in [6.07, 6.45) is -1.02. The molecule has 0 bridgehead atoms. The number of halogens is 3. The van der Waals surface area contributed by atoms with Crippen molar-refractivity contribution in [1.29, 1.82) is 0 Å². The summed E-state index contributed by atoms with van der Waals surface area (Å²) in [5.74, 6) is -0.844. The first-order valence-electron chi connectivity index (χ1n) is 8.15. The number of nitrogens with zero attached hydrogens (tertiary/aromatic N) is 3. The van der Waals surface area contributed by atoms with E-state index in [4.69, 9.17) is 0 Å². The number of hydrogen-bond donors (Lipinski definition) is 1. The molecule has 0 saturated heterocycles. The molecule has 0 aliphatic carbocycles. The fourth-order valence-electron chi connectivity index (χ4n) is 2.41. The molecule has 1 aromatic carbocycles. The number of rotatable bonds is 5. The number of alkyl halides is 3. The predicted molar refractivity (Wildman–Crippen MR) is 94.1 cm³/mol. The molecule has 2 rings (SSSR count). The molecule has 0 unspecified atom stereocenters. The van der Waals surface area contributed by atoms with Crippen LogP contribution in [0.15, 0.2) is 35.6 Å². The molecule has 1 aromatic heterocycles. The van der Waals surface area contributed by atoms with E-state index < -0.39 is 18.1 Å². The Hall–Kier alpha value is -2.64.